The van der Waals surface area contributed by atoms with E-state index in [-0.39, 0.29) is 5.75 Å². The van der Waals surface area contributed by atoms with Crippen molar-refractivity contribution in [3.63, 3.8) is 0 Å². The molecule has 0 bridgehead atoms. The number of rotatable bonds is 6. The Balaban J connectivity index is 2.67. The predicted octanol–water partition coefficient (Wildman–Crippen LogP) is 3.12. The number of benzene rings is 1. The van der Waals surface area contributed by atoms with Crippen LogP contribution in [0.4, 0.5) is 8.78 Å². The molecule has 0 aromatic heterocycles. The molecule has 0 saturated carbocycles. The number of hydrogen-bond acceptors (Lipinski definition) is 7. The van der Waals surface area contributed by atoms with Crippen molar-refractivity contribution in [3.8, 4) is 5.75 Å². The monoisotopic (exact) mass is 569 g/mol. The fourth-order valence-electron chi connectivity index (χ4n) is 1.17. The molecular weight excluding hydrogens is 566 g/mol. The molecule has 0 unspecified atom stereocenters. The van der Waals surface area contributed by atoms with Crippen LogP contribution in [0.15, 0.2) is 37.7 Å². The van der Waals surface area contributed by atoms with Gasteiger partial charge in [0, 0.05) is 16.6 Å². The molecule has 1 rings (SSSR count). The average Bonchev–Trinajstić information content (AvgIpc) is 2.45. The first-order valence-corrected chi connectivity index (χ1v) is 9.66. The van der Waals surface area contributed by atoms with Gasteiger partial charge in [-0.3, -0.25) is 0 Å². The van der Waals surface area contributed by atoms with Crippen molar-refractivity contribution in [2.45, 2.75) is 5.25 Å². The first-order valence-electron chi connectivity index (χ1n) is 5.88. The number of alkyl halides is 2. The molecule has 0 saturated heterocycles. The Morgan fingerprint density at radius 2 is 1.60 bits per heavy atom. The van der Waals surface area contributed by atoms with E-state index in [2.05, 4.69) is 52.5 Å². The molecule has 138 valence electrons. The Bertz CT molecular complexity index is 801. The van der Waals surface area contributed by atoms with E-state index >= 15 is 0 Å². The van der Waals surface area contributed by atoms with Crippen molar-refractivity contribution in [3.05, 3.63) is 37.7 Å². The van der Waals surface area contributed by atoms with Gasteiger partial charge in [-0.2, -0.15) is 8.78 Å². The highest BCUT2D eigenvalue weighted by Crippen LogP contribution is 2.36. The highest BCUT2D eigenvalue weighted by molar-refractivity contribution is 9.11. The summed E-state index contributed by atoms with van der Waals surface area (Å²) in [5.41, 5.74) is 0. The minimum Gasteiger partial charge on any atom is -0.743 e. The maximum Gasteiger partial charge on any atom is 0.367 e. The van der Waals surface area contributed by atoms with Gasteiger partial charge in [-0.05, 0) is 44.0 Å². The Kier molecular flexibility index (Phi) is 7.68. The van der Waals surface area contributed by atoms with Gasteiger partial charge in [-0.25, -0.2) is 18.0 Å². The maximum absolute atomic E-state index is 12.8. The molecule has 0 spiro atoms. The van der Waals surface area contributed by atoms with Gasteiger partial charge in [0.2, 0.25) is 0 Å². The molecule has 0 aliphatic heterocycles. The highest BCUT2D eigenvalue weighted by atomic mass is 79.9. The lowest BCUT2D eigenvalue weighted by atomic mass is 10.3. The van der Waals surface area contributed by atoms with E-state index in [0.29, 0.717) is 25.6 Å². The van der Waals surface area contributed by atoms with Crippen molar-refractivity contribution >= 4 is 69.8 Å². The summed E-state index contributed by atoms with van der Waals surface area (Å²) in [4.78, 5) is 22.8. The molecular formula is C12H6Br3F2O7S-. The lowest BCUT2D eigenvalue weighted by Crippen LogP contribution is -2.34. The topological polar surface area (TPSA) is 110 Å². The van der Waals surface area contributed by atoms with E-state index in [4.69, 9.17) is 4.74 Å². The molecule has 7 nitrogen and oxygen atoms in total. The van der Waals surface area contributed by atoms with E-state index in [9.17, 15) is 31.3 Å². The summed E-state index contributed by atoms with van der Waals surface area (Å²) in [5, 5.41) is -4.77. The molecule has 25 heavy (non-hydrogen) atoms. The van der Waals surface area contributed by atoms with Crippen LogP contribution < -0.4 is 4.74 Å². The predicted molar refractivity (Wildman–Crippen MR) is 89.9 cm³/mol. The Labute approximate surface area is 165 Å². The van der Waals surface area contributed by atoms with Gasteiger partial charge in [0.25, 0.3) is 0 Å². The molecule has 0 N–H and O–H groups in total. The van der Waals surface area contributed by atoms with Gasteiger partial charge in [-0.15, -0.1) is 0 Å². The molecule has 1 aromatic carbocycles. The summed E-state index contributed by atoms with van der Waals surface area (Å²) < 4.78 is 66.6. The molecule has 0 fully saturated rings. The van der Waals surface area contributed by atoms with Gasteiger partial charge >= 0.3 is 17.2 Å². The lowest BCUT2D eigenvalue weighted by molar-refractivity contribution is -0.144. The van der Waals surface area contributed by atoms with Crippen LogP contribution in [0.2, 0.25) is 0 Å². The minimum absolute atomic E-state index is 0.0928. The van der Waals surface area contributed by atoms with Crippen molar-refractivity contribution in [2.24, 2.45) is 0 Å². The number of hydrogen-bond donors (Lipinski definition) is 0. The molecule has 13 heteroatoms. The van der Waals surface area contributed by atoms with Crippen molar-refractivity contribution in [1.82, 2.24) is 0 Å². The summed E-state index contributed by atoms with van der Waals surface area (Å²) in [6.07, 6.45) is 1.02. The molecule has 0 amide bonds. The van der Waals surface area contributed by atoms with E-state index in [1.165, 1.54) is 0 Å². The van der Waals surface area contributed by atoms with Crippen LogP contribution in [-0.2, 0) is 24.4 Å². The highest BCUT2D eigenvalue weighted by Gasteiger charge is 2.39. The molecule has 0 radical (unpaired) electrons. The molecule has 0 aliphatic carbocycles. The third kappa shape index (κ3) is 6.73. The number of ether oxygens (including phenoxy) is 2. The zero-order chi connectivity index (χ0) is 19.4. The van der Waals surface area contributed by atoms with Gasteiger partial charge < -0.3 is 14.0 Å². The van der Waals surface area contributed by atoms with Crippen LogP contribution in [0, 0.1) is 0 Å². The maximum atomic E-state index is 12.8. The fraction of sp³-hybridized carbons (Fsp3) is 0.167. The fourth-order valence-corrected chi connectivity index (χ4v) is 3.80. The van der Waals surface area contributed by atoms with Crippen molar-refractivity contribution in [2.75, 3.05) is 6.61 Å². The second-order valence-corrected chi connectivity index (χ2v) is 8.28. The van der Waals surface area contributed by atoms with Crippen LogP contribution in [0.1, 0.15) is 0 Å². The normalized spacial score (nSPS) is 12.2. The lowest BCUT2D eigenvalue weighted by Gasteiger charge is -2.18. The second kappa shape index (κ2) is 8.66. The van der Waals surface area contributed by atoms with E-state index in [0.717, 1.165) is 0 Å². The standard InChI is InChI=1S/C12H7Br3F2O7S/c13-6-3-7(14)11(8(15)4-6)24-10(19)2-1-9(18)23-5-12(16,17)25(20,21)22/h1-4H,5H2,(H,20,21,22)/p-1/b2-1-. The first-order chi connectivity index (χ1) is 11.3. The Hall–Kier alpha value is -0.890. The van der Waals surface area contributed by atoms with Crippen LogP contribution in [0.25, 0.3) is 0 Å². The summed E-state index contributed by atoms with van der Waals surface area (Å²) in [7, 11) is -5.97. The smallest absolute Gasteiger partial charge is 0.367 e. The van der Waals surface area contributed by atoms with E-state index < -0.39 is 33.9 Å². The average molecular weight is 572 g/mol. The molecule has 0 heterocycles. The third-order valence-electron chi connectivity index (χ3n) is 2.27. The quantitative estimate of drug-likeness (QED) is 0.223. The van der Waals surface area contributed by atoms with Crippen molar-refractivity contribution in [1.29, 1.82) is 0 Å². The van der Waals surface area contributed by atoms with Crippen molar-refractivity contribution < 1.29 is 40.8 Å². The zero-order valence-electron chi connectivity index (χ0n) is 11.7. The minimum atomic E-state index is -5.97. The Morgan fingerprint density at radius 3 is 2.08 bits per heavy atom. The van der Waals surface area contributed by atoms with Crippen LogP contribution in [0.3, 0.4) is 0 Å². The number of esters is 2. The first kappa shape index (κ1) is 22.2. The van der Waals surface area contributed by atoms with Gasteiger partial charge in [0.1, 0.15) is 0 Å². The number of carbonyl (C=O) groups is 2. The number of carbonyl (C=O) groups excluding carboxylic acids is 2. The largest absolute Gasteiger partial charge is 0.743 e. The van der Waals surface area contributed by atoms with Crippen LogP contribution in [0.5, 0.6) is 5.75 Å². The van der Waals surface area contributed by atoms with Gasteiger partial charge in [0.05, 0.1) is 8.95 Å². The second-order valence-electron chi connectivity index (χ2n) is 4.15. The molecule has 0 aliphatic rings. The summed E-state index contributed by atoms with van der Waals surface area (Å²) >= 11 is 9.51. The van der Waals surface area contributed by atoms with E-state index in [1.807, 2.05) is 0 Å². The summed E-state index contributed by atoms with van der Waals surface area (Å²) in [6, 6.07) is 3.16. The Morgan fingerprint density at radius 1 is 1.12 bits per heavy atom. The zero-order valence-corrected chi connectivity index (χ0v) is 17.2. The molecule has 1 aromatic rings. The SMILES string of the molecule is O=C(/C=C\C(=O)Oc1c(Br)cc(Br)cc1Br)OCC(F)(F)S(=O)(=O)[O-]. The molecule has 0 atom stereocenters. The van der Waals surface area contributed by atoms with E-state index in [1.54, 1.807) is 12.1 Å². The summed E-state index contributed by atoms with van der Waals surface area (Å²) in [5.74, 6) is -2.41. The third-order valence-corrected chi connectivity index (χ3v) is 4.75. The van der Waals surface area contributed by atoms with Crippen LogP contribution in [-0.4, -0.2) is 36.8 Å². The van der Waals surface area contributed by atoms with Gasteiger partial charge in [-0.1, -0.05) is 15.9 Å². The number of halogens is 5. The van der Waals surface area contributed by atoms with Gasteiger partial charge in [0.15, 0.2) is 22.5 Å². The summed E-state index contributed by atoms with van der Waals surface area (Å²) in [6.45, 7) is -1.97. The van der Waals surface area contributed by atoms with Crippen LogP contribution >= 0.6 is 47.8 Å².